The number of benzene rings is 1. The van der Waals surface area contributed by atoms with Crippen molar-refractivity contribution in [1.29, 1.82) is 0 Å². The number of halogens is 1. The highest BCUT2D eigenvalue weighted by Gasteiger charge is 2.17. The zero-order valence-electron chi connectivity index (χ0n) is 14.1. The number of rotatable bonds is 6. The molecule has 6 heteroatoms. The second-order valence-corrected chi connectivity index (χ2v) is 5.93. The Morgan fingerprint density at radius 2 is 2.00 bits per heavy atom. The maximum absolute atomic E-state index is 12.2. The van der Waals surface area contributed by atoms with Crippen molar-refractivity contribution in [3.05, 3.63) is 57.9 Å². The molecule has 0 aliphatic rings. The zero-order chi connectivity index (χ0) is 17.7. The summed E-state index contributed by atoms with van der Waals surface area (Å²) in [4.78, 5) is 24.1. The molecule has 5 nitrogen and oxygen atoms in total. The zero-order valence-corrected chi connectivity index (χ0v) is 14.8. The van der Waals surface area contributed by atoms with E-state index in [2.05, 4.69) is 5.32 Å². The number of hydrogen-bond acceptors (Lipinski definition) is 3. The molecule has 1 aromatic carbocycles. The van der Waals surface area contributed by atoms with Crippen LogP contribution in [0, 0.1) is 13.8 Å². The molecule has 0 saturated heterocycles. The SMILES string of the molecule is CCOC(=O)c1cc(C)n(CC(=O)NCc2cccc(Cl)c2)c1C. The van der Waals surface area contributed by atoms with Crippen molar-refractivity contribution in [2.24, 2.45) is 0 Å². The van der Waals surface area contributed by atoms with Gasteiger partial charge in [-0.25, -0.2) is 4.79 Å². The molecular formula is C18H21ClN2O3. The van der Waals surface area contributed by atoms with E-state index in [1.165, 1.54) is 0 Å². The van der Waals surface area contributed by atoms with Crippen LogP contribution < -0.4 is 5.32 Å². The summed E-state index contributed by atoms with van der Waals surface area (Å²) in [6.07, 6.45) is 0. The predicted octanol–water partition coefficient (Wildman–Crippen LogP) is 3.25. The van der Waals surface area contributed by atoms with Crippen LogP contribution in [0.4, 0.5) is 0 Å². The lowest BCUT2D eigenvalue weighted by molar-refractivity contribution is -0.121. The van der Waals surface area contributed by atoms with E-state index in [4.69, 9.17) is 16.3 Å². The number of carbonyl (C=O) groups excluding carboxylic acids is 2. The van der Waals surface area contributed by atoms with Crippen molar-refractivity contribution >= 4 is 23.5 Å². The lowest BCUT2D eigenvalue weighted by atomic mass is 10.2. The summed E-state index contributed by atoms with van der Waals surface area (Å²) in [6, 6.07) is 9.09. The quantitative estimate of drug-likeness (QED) is 0.815. The molecule has 24 heavy (non-hydrogen) atoms. The van der Waals surface area contributed by atoms with Gasteiger partial charge in [0.05, 0.1) is 12.2 Å². The topological polar surface area (TPSA) is 60.3 Å². The highest BCUT2D eigenvalue weighted by atomic mass is 35.5. The summed E-state index contributed by atoms with van der Waals surface area (Å²) in [5, 5.41) is 3.50. The highest BCUT2D eigenvalue weighted by Crippen LogP contribution is 2.16. The minimum absolute atomic E-state index is 0.132. The van der Waals surface area contributed by atoms with Crippen molar-refractivity contribution in [2.45, 2.75) is 33.9 Å². The lowest BCUT2D eigenvalue weighted by Gasteiger charge is -2.11. The molecule has 0 spiro atoms. The van der Waals surface area contributed by atoms with Gasteiger partial charge < -0.3 is 14.6 Å². The fourth-order valence-electron chi connectivity index (χ4n) is 2.51. The summed E-state index contributed by atoms with van der Waals surface area (Å²) < 4.78 is 6.84. The first-order valence-corrected chi connectivity index (χ1v) is 8.15. The van der Waals surface area contributed by atoms with Gasteiger partial charge in [-0.1, -0.05) is 23.7 Å². The van der Waals surface area contributed by atoms with Crippen molar-refractivity contribution in [1.82, 2.24) is 9.88 Å². The molecule has 1 heterocycles. The number of aromatic nitrogens is 1. The van der Waals surface area contributed by atoms with E-state index in [1.807, 2.05) is 32.0 Å². The molecular weight excluding hydrogens is 328 g/mol. The molecule has 2 aromatic rings. The predicted molar refractivity (Wildman–Crippen MR) is 93.2 cm³/mol. The van der Waals surface area contributed by atoms with Crippen molar-refractivity contribution < 1.29 is 14.3 Å². The first kappa shape index (κ1) is 18.1. The van der Waals surface area contributed by atoms with E-state index in [0.717, 1.165) is 17.0 Å². The van der Waals surface area contributed by atoms with Gasteiger partial charge in [0.25, 0.3) is 0 Å². The van der Waals surface area contributed by atoms with Gasteiger partial charge in [0.2, 0.25) is 5.91 Å². The fourth-order valence-corrected chi connectivity index (χ4v) is 2.72. The molecule has 0 bridgehead atoms. The number of nitrogens with one attached hydrogen (secondary N) is 1. The van der Waals surface area contributed by atoms with Crippen LogP contribution in [0.1, 0.15) is 34.2 Å². The van der Waals surface area contributed by atoms with Gasteiger partial charge >= 0.3 is 5.97 Å². The highest BCUT2D eigenvalue weighted by molar-refractivity contribution is 6.30. The molecule has 0 fully saturated rings. The summed E-state index contributed by atoms with van der Waals surface area (Å²) in [5.41, 5.74) is 3.00. The molecule has 1 aromatic heterocycles. The third kappa shape index (κ3) is 4.38. The van der Waals surface area contributed by atoms with Crippen LogP contribution in [-0.2, 0) is 22.6 Å². The van der Waals surface area contributed by atoms with Gasteiger partial charge in [-0.2, -0.15) is 0 Å². The molecule has 0 radical (unpaired) electrons. The van der Waals surface area contributed by atoms with E-state index < -0.39 is 0 Å². The average molecular weight is 349 g/mol. The van der Waals surface area contributed by atoms with E-state index >= 15 is 0 Å². The number of carbonyl (C=O) groups is 2. The van der Waals surface area contributed by atoms with Crippen LogP contribution in [0.25, 0.3) is 0 Å². The van der Waals surface area contributed by atoms with E-state index in [9.17, 15) is 9.59 Å². The fraction of sp³-hybridized carbons (Fsp3) is 0.333. The minimum Gasteiger partial charge on any atom is -0.462 e. The summed E-state index contributed by atoms with van der Waals surface area (Å²) >= 11 is 5.93. The van der Waals surface area contributed by atoms with Gasteiger partial charge in [-0.3, -0.25) is 4.79 Å². The summed E-state index contributed by atoms with van der Waals surface area (Å²) in [7, 11) is 0. The van der Waals surface area contributed by atoms with E-state index in [1.54, 1.807) is 23.6 Å². The Morgan fingerprint density at radius 3 is 2.67 bits per heavy atom. The Hall–Kier alpha value is -2.27. The summed E-state index contributed by atoms with van der Waals surface area (Å²) in [5.74, 6) is -0.497. The number of ether oxygens (including phenoxy) is 1. The number of aryl methyl sites for hydroxylation is 1. The minimum atomic E-state index is -0.365. The maximum atomic E-state index is 12.2. The van der Waals surface area contributed by atoms with Crippen molar-refractivity contribution in [2.75, 3.05) is 6.61 Å². The molecule has 0 aliphatic heterocycles. The van der Waals surface area contributed by atoms with Crippen LogP contribution in [0.5, 0.6) is 0 Å². The van der Waals surface area contributed by atoms with Crippen LogP contribution in [0.2, 0.25) is 5.02 Å². The molecule has 1 amide bonds. The van der Waals surface area contributed by atoms with Crippen LogP contribution in [0.15, 0.2) is 30.3 Å². The van der Waals surface area contributed by atoms with Gasteiger partial charge in [-0.05, 0) is 44.5 Å². The molecule has 0 unspecified atom stereocenters. The molecule has 128 valence electrons. The molecule has 2 rings (SSSR count). The smallest absolute Gasteiger partial charge is 0.339 e. The standard InChI is InChI=1S/C18H21ClN2O3/c1-4-24-18(23)16-8-12(2)21(13(16)3)11-17(22)20-10-14-6-5-7-15(19)9-14/h5-9H,4,10-11H2,1-3H3,(H,20,22). The van der Waals surface area contributed by atoms with Gasteiger partial charge in [0.1, 0.15) is 6.54 Å². The second-order valence-electron chi connectivity index (χ2n) is 5.50. The number of esters is 1. The second kappa shape index (κ2) is 8.02. The number of amides is 1. The van der Waals surface area contributed by atoms with Crippen LogP contribution in [0.3, 0.4) is 0 Å². The Kier molecular flexibility index (Phi) is 6.04. The third-order valence-corrected chi connectivity index (χ3v) is 3.98. The molecule has 0 atom stereocenters. The summed E-state index contributed by atoms with van der Waals surface area (Å²) in [6.45, 7) is 6.31. The Balaban J connectivity index is 2.02. The number of hydrogen-bond donors (Lipinski definition) is 1. The Bertz CT molecular complexity index is 753. The molecule has 0 saturated carbocycles. The van der Waals surface area contributed by atoms with Gasteiger partial charge in [-0.15, -0.1) is 0 Å². The van der Waals surface area contributed by atoms with Gasteiger partial charge in [0, 0.05) is 23.0 Å². The number of nitrogens with zero attached hydrogens (tertiary/aromatic N) is 1. The molecule has 1 N–H and O–H groups in total. The monoisotopic (exact) mass is 348 g/mol. The Labute approximate surface area is 146 Å². The Morgan fingerprint density at radius 1 is 1.25 bits per heavy atom. The van der Waals surface area contributed by atoms with Crippen LogP contribution in [-0.4, -0.2) is 23.1 Å². The lowest BCUT2D eigenvalue weighted by Crippen LogP contribution is -2.28. The van der Waals surface area contributed by atoms with Gasteiger partial charge in [0.15, 0.2) is 0 Å². The van der Waals surface area contributed by atoms with Crippen molar-refractivity contribution in [3.8, 4) is 0 Å². The first-order chi connectivity index (χ1) is 11.4. The molecule has 0 aliphatic carbocycles. The maximum Gasteiger partial charge on any atom is 0.339 e. The normalized spacial score (nSPS) is 10.5. The van der Waals surface area contributed by atoms with E-state index in [0.29, 0.717) is 23.7 Å². The van der Waals surface area contributed by atoms with Crippen molar-refractivity contribution in [3.63, 3.8) is 0 Å². The van der Waals surface area contributed by atoms with Crippen LogP contribution >= 0.6 is 11.6 Å². The first-order valence-electron chi connectivity index (χ1n) is 7.77. The average Bonchev–Trinajstić information content (AvgIpc) is 2.81. The third-order valence-electron chi connectivity index (χ3n) is 3.75. The van der Waals surface area contributed by atoms with E-state index in [-0.39, 0.29) is 18.4 Å². The largest absolute Gasteiger partial charge is 0.462 e.